The Morgan fingerprint density at radius 1 is 1.17 bits per heavy atom. The van der Waals surface area contributed by atoms with Crippen molar-refractivity contribution in [1.29, 1.82) is 0 Å². The van der Waals surface area contributed by atoms with Crippen LogP contribution >= 0.6 is 0 Å². The molecule has 100 valence electrons. The molecule has 1 saturated carbocycles. The molecule has 0 bridgehead atoms. The van der Waals surface area contributed by atoms with Crippen LogP contribution in [0.5, 0.6) is 0 Å². The molecule has 1 N–H and O–H groups in total. The van der Waals surface area contributed by atoms with E-state index < -0.39 is 0 Å². The summed E-state index contributed by atoms with van der Waals surface area (Å²) in [5.74, 6) is 0.307. The zero-order valence-corrected chi connectivity index (χ0v) is 10.7. The number of ether oxygens (including phenoxy) is 1. The van der Waals surface area contributed by atoms with Crippen molar-refractivity contribution in [2.24, 2.45) is 17.3 Å². The second-order valence-corrected chi connectivity index (χ2v) is 6.13. The van der Waals surface area contributed by atoms with E-state index >= 15 is 0 Å². The molecular weight excluding hydrogens is 230 g/mol. The topological polar surface area (TPSA) is 55.4 Å². The van der Waals surface area contributed by atoms with E-state index in [0.29, 0.717) is 18.9 Å². The first kappa shape index (κ1) is 12.2. The lowest BCUT2D eigenvalue weighted by atomic mass is 9.62. The van der Waals surface area contributed by atoms with Gasteiger partial charge in [0.25, 0.3) is 0 Å². The molecule has 2 heterocycles. The molecule has 4 heteroatoms. The molecular formula is C14H21NO3. The van der Waals surface area contributed by atoms with Crippen LogP contribution in [0.1, 0.15) is 44.9 Å². The van der Waals surface area contributed by atoms with Crippen molar-refractivity contribution in [2.45, 2.75) is 44.9 Å². The molecule has 1 aliphatic carbocycles. The number of carbonyl (C=O) groups excluding carboxylic acids is 2. The van der Waals surface area contributed by atoms with Gasteiger partial charge in [-0.05, 0) is 31.6 Å². The first-order chi connectivity index (χ1) is 8.71. The van der Waals surface area contributed by atoms with Crippen LogP contribution in [0.2, 0.25) is 0 Å². The molecule has 2 amide bonds. The maximum Gasteiger partial charge on any atom is 0.230 e. The fraction of sp³-hybridized carbons (Fsp3) is 0.857. The third-order valence-corrected chi connectivity index (χ3v) is 4.94. The SMILES string of the molecule is O=C1CC2(CCCOC2)C(C2CCCC2)C(=O)N1. The normalized spacial score (nSPS) is 38.1. The minimum Gasteiger partial charge on any atom is -0.381 e. The van der Waals surface area contributed by atoms with Crippen molar-refractivity contribution >= 4 is 11.8 Å². The van der Waals surface area contributed by atoms with Crippen LogP contribution in [-0.4, -0.2) is 25.0 Å². The van der Waals surface area contributed by atoms with Gasteiger partial charge in [-0.2, -0.15) is 0 Å². The highest BCUT2D eigenvalue weighted by molar-refractivity contribution is 6.00. The molecule has 0 aromatic rings. The second-order valence-electron chi connectivity index (χ2n) is 6.13. The quantitative estimate of drug-likeness (QED) is 0.721. The number of rotatable bonds is 1. The monoisotopic (exact) mass is 251 g/mol. The predicted molar refractivity (Wildman–Crippen MR) is 65.7 cm³/mol. The molecule has 3 rings (SSSR count). The van der Waals surface area contributed by atoms with Crippen LogP contribution in [0.15, 0.2) is 0 Å². The largest absolute Gasteiger partial charge is 0.381 e. The molecule has 2 aliphatic heterocycles. The summed E-state index contributed by atoms with van der Waals surface area (Å²) in [6.45, 7) is 1.36. The van der Waals surface area contributed by atoms with E-state index in [9.17, 15) is 9.59 Å². The van der Waals surface area contributed by atoms with Gasteiger partial charge in [-0.25, -0.2) is 0 Å². The Bertz CT molecular complexity index is 354. The maximum atomic E-state index is 12.3. The molecule has 3 aliphatic rings. The maximum absolute atomic E-state index is 12.3. The van der Waals surface area contributed by atoms with Gasteiger partial charge in [0.15, 0.2) is 0 Å². The Kier molecular flexibility index (Phi) is 3.14. The van der Waals surface area contributed by atoms with Crippen LogP contribution in [0.3, 0.4) is 0 Å². The Hall–Kier alpha value is -0.900. The smallest absolute Gasteiger partial charge is 0.230 e. The van der Waals surface area contributed by atoms with Crippen molar-refractivity contribution in [3.63, 3.8) is 0 Å². The van der Waals surface area contributed by atoms with E-state index in [0.717, 1.165) is 32.3 Å². The summed E-state index contributed by atoms with van der Waals surface area (Å²) >= 11 is 0. The van der Waals surface area contributed by atoms with Gasteiger partial charge in [-0.3, -0.25) is 14.9 Å². The Balaban J connectivity index is 1.89. The van der Waals surface area contributed by atoms with E-state index in [-0.39, 0.29) is 23.1 Å². The van der Waals surface area contributed by atoms with E-state index in [1.807, 2.05) is 0 Å². The lowest BCUT2D eigenvalue weighted by Crippen LogP contribution is -2.57. The van der Waals surface area contributed by atoms with E-state index in [4.69, 9.17) is 4.74 Å². The fourth-order valence-corrected chi connectivity index (χ4v) is 4.23. The lowest BCUT2D eigenvalue weighted by molar-refractivity contribution is -0.155. The first-order valence-corrected chi connectivity index (χ1v) is 7.13. The van der Waals surface area contributed by atoms with E-state index in [2.05, 4.69) is 5.32 Å². The van der Waals surface area contributed by atoms with Crippen molar-refractivity contribution in [1.82, 2.24) is 5.32 Å². The van der Waals surface area contributed by atoms with E-state index in [1.54, 1.807) is 0 Å². The third kappa shape index (κ3) is 1.96. The zero-order valence-electron chi connectivity index (χ0n) is 10.7. The summed E-state index contributed by atoms with van der Waals surface area (Å²) in [7, 11) is 0. The Labute approximate surface area is 107 Å². The highest BCUT2D eigenvalue weighted by Gasteiger charge is 2.52. The Morgan fingerprint density at radius 2 is 1.94 bits per heavy atom. The van der Waals surface area contributed by atoms with Crippen molar-refractivity contribution in [3.05, 3.63) is 0 Å². The third-order valence-electron chi connectivity index (χ3n) is 4.94. The molecule has 3 fully saturated rings. The standard InChI is InChI=1S/C14H21NO3/c16-11-8-14(6-3-7-18-9-14)12(13(17)15-11)10-4-1-2-5-10/h10,12H,1-9H2,(H,15,16,17). The predicted octanol–water partition coefficient (Wildman–Crippen LogP) is 1.64. The molecule has 0 radical (unpaired) electrons. The summed E-state index contributed by atoms with van der Waals surface area (Å²) in [4.78, 5) is 24.0. The van der Waals surface area contributed by atoms with Gasteiger partial charge in [-0.15, -0.1) is 0 Å². The van der Waals surface area contributed by atoms with Gasteiger partial charge >= 0.3 is 0 Å². The van der Waals surface area contributed by atoms with Gasteiger partial charge < -0.3 is 4.74 Å². The minimum atomic E-state index is -0.202. The first-order valence-electron chi connectivity index (χ1n) is 7.13. The molecule has 2 atom stereocenters. The number of hydrogen-bond acceptors (Lipinski definition) is 3. The van der Waals surface area contributed by atoms with Crippen molar-refractivity contribution < 1.29 is 14.3 Å². The number of imide groups is 1. The van der Waals surface area contributed by atoms with Crippen LogP contribution in [0, 0.1) is 17.3 Å². The second kappa shape index (κ2) is 4.65. The number of carbonyl (C=O) groups is 2. The molecule has 2 unspecified atom stereocenters. The average Bonchev–Trinajstić information content (AvgIpc) is 2.82. The van der Waals surface area contributed by atoms with Gasteiger partial charge in [0.1, 0.15) is 0 Å². The summed E-state index contributed by atoms with van der Waals surface area (Å²) in [5.41, 5.74) is -0.202. The van der Waals surface area contributed by atoms with Crippen LogP contribution in [-0.2, 0) is 14.3 Å². The van der Waals surface area contributed by atoms with Crippen LogP contribution < -0.4 is 5.32 Å². The summed E-state index contributed by atoms with van der Waals surface area (Å²) in [6.07, 6.45) is 7.12. The molecule has 0 aromatic carbocycles. The van der Waals surface area contributed by atoms with Crippen LogP contribution in [0.25, 0.3) is 0 Å². The van der Waals surface area contributed by atoms with Gasteiger partial charge in [0, 0.05) is 24.4 Å². The number of hydrogen-bond donors (Lipinski definition) is 1. The molecule has 0 aromatic heterocycles. The molecule has 4 nitrogen and oxygen atoms in total. The molecule has 1 spiro atoms. The van der Waals surface area contributed by atoms with Crippen molar-refractivity contribution in [2.75, 3.05) is 13.2 Å². The lowest BCUT2D eigenvalue weighted by Gasteiger charge is -2.47. The average molecular weight is 251 g/mol. The number of nitrogens with one attached hydrogen (secondary N) is 1. The minimum absolute atomic E-state index is 0.00185. The summed E-state index contributed by atoms with van der Waals surface area (Å²) in [6, 6.07) is 0. The Morgan fingerprint density at radius 3 is 2.61 bits per heavy atom. The van der Waals surface area contributed by atoms with Gasteiger partial charge in [0.05, 0.1) is 6.61 Å². The fourth-order valence-electron chi connectivity index (χ4n) is 4.23. The molecule has 2 saturated heterocycles. The van der Waals surface area contributed by atoms with Crippen LogP contribution in [0.4, 0.5) is 0 Å². The van der Waals surface area contributed by atoms with E-state index in [1.165, 1.54) is 12.8 Å². The number of piperidine rings is 1. The highest BCUT2D eigenvalue weighted by atomic mass is 16.5. The van der Waals surface area contributed by atoms with Gasteiger partial charge in [0.2, 0.25) is 11.8 Å². The van der Waals surface area contributed by atoms with Crippen molar-refractivity contribution in [3.8, 4) is 0 Å². The number of amides is 2. The highest BCUT2D eigenvalue weighted by Crippen LogP contribution is 2.49. The van der Waals surface area contributed by atoms with Gasteiger partial charge in [-0.1, -0.05) is 12.8 Å². The zero-order chi connectivity index (χ0) is 12.6. The summed E-state index contributed by atoms with van der Waals surface area (Å²) < 4.78 is 5.62. The molecule has 18 heavy (non-hydrogen) atoms. The summed E-state index contributed by atoms with van der Waals surface area (Å²) in [5, 5.41) is 2.54.